The van der Waals surface area contributed by atoms with Crippen LogP contribution in [0, 0.1) is 0 Å². The van der Waals surface area contributed by atoms with Crippen LogP contribution in [0.25, 0.3) is 0 Å². The smallest absolute Gasteiger partial charge is 0.244 e. The lowest BCUT2D eigenvalue weighted by molar-refractivity contribution is -0.123. The average Bonchev–Trinajstić information content (AvgIpc) is 2.69. The molecule has 2 rings (SSSR count). The van der Waals surface area contributed by atoms with Crippen LogP contribution < -0.4 is 10.6 Å². The second-order valence-corrected chi connectivity index (χ2v) is 4.95. The van der Waals surface area contributed by atoms with Gasteiger partial charge in [0.1, 0.15) is 6.04 Å². The van der Waals surface area contributed by atoms with Crippen LogP contribution in [-0.4, -0.2) is 35.5 Å². The highest BCUT2D eigenvalue weighted by Crippen LogP contribution is 2.18. The van der Waals surface area contributed by atoms with Gasteiger partial charge in [0.15, 0.2) is 5.17 Å². The molecule has 0 aromatic rings. The Bertz CT molecular complexity index is 280. The van der Waals surface area contributed by atoms with E-state index in [1.165, 1.54) is 0 Å². The third kappa shape index (κ3) is 2.65. The number of rotatable bonds is 2. The summed E-state index contributed by atoms with van der Waals surface area (Å²) in [5.41, 5.74) is 0. The Morgan fingerprint density at radius 2 is 2.47 bits per heavy atom. The van der Waals surface area contributed by atoms with E-state index in [0.717, 1.165) is 36.7 Å². The first-order chi connectivity index (χ1) is 7.29. The lowest BCUT2D eigenvalue weighted by atomic mass is 10.1. The third-order valence-corrected chi connectivity index (χ3v) is 3.84. The van der Waals surface area contributed by atoms with Gasteiger partial charge in [0, 0.05) is 18.3 Å². The van der Waals surface area contributed by atoms with Crippen molar-refractivity contribution < 1.29 is 4.79 Å². The van der Waals surface area contributed by atoms with Crippen molar-refractivity contribution in [2.45, 2.75) is 38.3 Å². The number of aliphatic imine (C=N–C) groups is 1. The quantitative estimate of drug-likeness (QED) is 0.731. The molecular formula is C10H17N3OS. The Hall–Kier alpha value is -0.710. The summed E-state index contributed by atoms with van der Waals surface area (Å²) < 4.78 is 0. The summed E-state index contributed by atoms with van der Waals surface area (Å²) in [6.45, 7) is 2.97. The molecule has 0 aromatic carbocycles. The lowest BCUT2D eigenvalue weighted by Crippen LogP contribution is -2.40. The highest BCUT2D eigenvalue weighted by molar-refractivity contribution is 8.14. The molecule has 0 aliphatic carbocycles. The zero-order valence-electron chi connectivity index (χ0n) is 8.95. The molecule has 2 aliphatic heterocycles. The summed E-state index contributed by atoms with van der Waals surface area (Å²) >= 11 is 1.73. The minimum atomic E-state index is -0.163. The summed E-state index contributed by atoms with van der Waals surface area (Å²) in [5, 5.41) is 7.14. The monoisotopic (exact) mass is 227 g/mol. The topological polar surface area (TPSA) is 53.5 Å². The van der Waals surface area contributed by atoms with Gasteiger partial charge < -0.3 is 10.6 Å². The first-order valence-electron chi connectivity index (χ1n) is 5.54. The fourth-order valence-electron chi connectivity index (χ4n) is 1.75. The predicted molar refractivity (Wildman–Crippen MR) is 63.1 cm³/mol. The molecule has 2 saturated heterocycles. The largest absolute Gasteiger partial charge is 0.361 e. The average molecular weight is 227 g/mol. The van der Waals surface area contributed by atoms with Gasteiger partial charge >= 0.3 is 0 Å². The van der Waals surface area contributed by atoms with E-state index >= 15 is 0 Å². The highest BCUT2D eigenvalue weighted by Gasteiger charge is 2.24. The van der Waals surface area contributed by atoms with E-state index in [9.17, 15) is 4.79 Å². The molecule has 0 radical (unpaired) electrons. The zero-order chi connectivity index (χ0) is 10.7. The third-order valence-electron chi connectivity index (χ3n) is 2.77. The van der Waals surface area contributed by atoms with Crippen molar-refractivity contribution in [3.63, 3.8) is 0 Å². The van der Waals surface area contributed by atoms with Crippen molar-refractivity contribution >= 4 is 22.8 Å². The predicted octanol–water partition coefficient (Wildman–Crippen LogP) is 0.736. The van der Waals surface area contributed by atoms with Crippen molar-refractivity contribution in [3.8, 4) is 0 Å². The van der Waals surface area contributed by atoms with Crippen molar-refractivity contribution in [2.24, 2.45) is 4.99 Å². The summed E-state index contributed by atoms with van der Waals surface area (Å²) in [4.78, 5) is 15.9. The van der Waals surface area contributed by atoms with Crippen molar-refractivity contribution in [1.82, 2.24) is 10.6 Å². The van der Waals surface area contributed by atoms with E-state index in [2.05, 4.69) is 22.5 Å². The number of carbonyl (C=O) groups excluding carboxylic acids is 1. The van der Waals surface area contributed by atoms with Gasteiger partial charge in [-0.3, -0.25) is 4.79 Å². The molecule has 2 N–H and O–H groups in total. The minimum Gasteiger partial charge on any atom is -0.361 e. The van der Waals surface area contributed by atoms with E-state index in [1.807, 2.05) is 0 Å². The van der Waals surface area contributed by atoms with E-state index < -0.39 is 0 Å². The van der Waals surface area contributed by atoms with Crippen LogP contribution in [0.4, 0.5) is 0 Å². The van der Waals surface area contributed by atoms with Gasteiger partial charge in [-0.15, -0.1) is 0 Å². The van der Waals surface area contributed by atoms with Gasteiger partial charge in [-0.1, -0.05) is 18.7 Å². The molecule has 0 aromatic heterocycles. The van der Waals surface area contributed by atoms with Crippen LogP contribution >= 0.6 is 11.8 Å². The van der Waals surface area contributed by atoms with Crippen LogP contribution in [0.2, 0.25) is 0 Å². The number of piperidine rings is 1. The number of nitrogens with zero attached hydrogens (tertiary/aromatic N) is 1. The minimum absolute atomic E-state index is 0.0797. The van der Waals surface area contributed by atoms with E-state index in [4.69, 9.17) is 0 Å². The van der Waals surface area contributed by atoms with E-state index in [1.54, 1.807) is 11.8 Å². The number of hydrogen-bond acceptors (Lipinski definition) is 3. The van der Waals surface area contributed by atoms with Crippen molar-refractivity contribution in [1.29, 1.82) is 0 Å². The number of amides is 1. The summed E-state index contributed by atoms with van der Waals surface area (Å²) in [6.07, 6.45) is 3.03. The molecule has 2 unspecified atom stereocenters. The first-order valence-corrected chi connectivity index (χ1v) is 6.53. The van der Waals surface area contributed by atoms with Crippen molar-refractivity contribution in [2.75, 3.05) is 12.3 Å². The number of thioether (sulfide) groups is 1. The molecule has 15 heavy (non-hydrogen) atoms. The maximum Gasteiger partial charge on any atom is 0.244 e. The molecule has 2 heterocycles. The molecule has 0 spiro atoms. The Morgan fingerprint density at radius 1 is 1.60 bits per heavy atom. The van der Waals surface area contributed by atoms with Gasteiger partial charge in [0.2, 0.25) is 5.91 Å². The number of hydrogen-bond donors (Lipinski definition) is 2. The molecule has 4 nitrogen and oxygen atoms in total. The van der Waals surface area contributed by atoms with Crippen molar-refractivity contribution in [3.05, 3.63) is 0 Å². The van der Waals surface area contributed by atoms with Gasteiger partial charge in [-0.2, -0.15) is 0 Å². The summed E-state index contributed by atoms with van der Waals surface area (Å²) in [7, 11) is 0. The Kier molecular flexibility index (Phi) is 3.51. The maximum atomic E-state index is 11.5. The molecule has 84 valence electrons. The Balaban J connectivity index is 1.94. The number of nitrogens with one attached hydrogen (secondary N) is 2. The maximum absolute atomic E-state index is 11.5. The van der Waals surface area contributed by atoms with Gasteiger partial charge in [-0.05, 0) is 19.3 Å². The van der Waals surface area contributed by atoms with Gasteiger partial charge in [0.25, 0.3) is 0 Å². The van der Waals surface area contributed by atoms with Crippen LogP contribution in [0.5, 0.6) is 0 Å². The van der Waals surface area contributed by atoms with E-state index in [-0.39, 0.29) is 11.9 Å². The van der Waals surface area contributed by atoms with Gasteiger partial charge in [-0.25, -0.2) is 4.99 Å². The SMILES string of the molecule is CCC1CSC(=NC2CCCNC2=O)N1. The summed E-state index contributed by atoms with van der Waals surface area (Å²) in [5.74, 6) is 1.15. The van der Waals surface area contributed by atoms with Gasteiger partial charge in [0.05, 0.1) is 0 Å². The lowest BCUT2D eigenvalue weighted by Gasteiger charge is -2.18. The molecule has 1 amide bonds. The highest BCUT2D eigenvalue weighted by atomic mass is 32.2. The number of carbonyl (C=O) groups is 1. The van der Waals surface area contributed by atoms with Crippen LogP contribution in [-0.2, 0) is 4.79 Å². The molecule has 0 bridgehead atoms. The molecule has 5 heteroatoms. The first kappa shape index (κ1) is 10.8. The zero-order valence-corrected chi connectivity index (χ0v) is 9.77. The standard InChI is InChI=1S/C10H17N3OS/c1-2-7-6-15-10(12-7)13-8-4-3-5-11-9(8)14/h7-8H,2-6H2,1H3,(H,11,14)(H,12,13). The number of amidine groups is 1. The normalized spacial score (nSPS) is 33.9. The van der Waals surface area contributed by atoms with E-state index in [0.29, 0.717) is 6.04 Å². The molecular weight excluding hydrogens is 210 g/mol. The van der Waals surface area contributed by atoms with Crippen LogP contribution in [0.15, 0.2) is 4.99 Å². The second-order valence-electron chi connectivity index (χ2n) is 3.94. The molecule has 2 atom stereocenters. The summed E-state index contributed by atoms with van der Waals surface area (Å²) in [6, 6.07) is 0.366. The fourth-order valence-corrected chi connectivity index (χ4v) is 2.88. The van der Waals surface area contributed by atoms with Crippen LogP contribution in [0.1, 0.15) is 26.2 Å². The fraction of sp³-hybridized carbons (Fsp3) is 0.800. The van der Waals surface area contributed by atoms with Crippen LogP contribution in [0.3, 0.4) is 0 Å². The second kappa shape index (κ2) is 4.88. The molecule has 0 saturated carbocycles. The molecule has 2 aliphatic rings. The Morgan fingerprint density at radius 3 is 3.13 bits per heavy atom. The molecule has 2 fully saturated rings. The Labute approximate surface area is 94.3 Å².